The highest BCUT2D eigenvalue weighted by atomic mass is 35.5. The van der Waals surface area contributed by atoms with E-state index in [9.17, 15) is 4.79 Å². The Morgan fingerprint density at radius 3 is 2.53 bits per heavy atom. The van der Waals surface area contributed by atoms with E-state index in [0.29, 0.717) is 17.1 Å². The van der Waals surface area contributed by atoms with Crippen molar-refractivity contribution in [3.8, 4) is 0 Å². The highest BCUT2D eigenvalue weighted by Crippen LogP contribution is 2.17. The number of carbonyl (C=O) groups excluding carboxylic acids is 1. The molecule has 5 heteroatoms. The molecule has 0 spiro atoms. The summed E-state index contributed by atoms with van der Waals surface area (Å²) >= 11 is 5.91. The molecule has 0 aliphatic carbocycles. The Balaban J connectivity index is 2.00. The van der Waals surface area contributed by atoms with Crippen LogP contribution in [0.3, 0.4) is 0 Å². The molecule has 1 aromatic rings. The Labute approximate surface area is 119 Å². The number of hydrogen-bond donors (Lipinski definition) is 1. The molecule has 1 N–H and O–H groups in total. The summed E-state index contributed by atoms with van der Waals surface area (Å²) in [6.07, 6.45) is 0. The van der Waals surface area contributed by atoms with E-state index in [1.165, 1.54) is 0 Å². The number of nitrogens with one attached hydrogen (secondary N) is 1. The normalized spacial score (nSPS) is 24.3. The lowest BCUT2D eigenvalue weighted by molar-refractivity contribution is 0.0816. The zero-order valence-electron chi connectivity index (χ0n) is 11.6. The molecule has 2 amide bonds. The Kier molecular flexibility index (Phi) is 4.32. The van der Waals surface area contributed by atoms with Crippen molar-refractivity contribution >= 4 is 23.3 Å². The third kappa shape index (κ3) is 3.39. The number of carbonyl (C=O) groups is 1. The zero-order chi connectivity index (χ0) is 14.0. The lowest BCUT2D eigenvalue weighted by Crippen LogP contribution is -2.57. The van der Waals surface area contributed by atoms with Crippen LogP contribution in [0.4, 0.5) is 10.5 Å². The number of urea groups is 1. The van der Waals surface area contributed by atoms with Gasteiger partial charge in [0, 0.05) is 35.9 Å². The van der Waals surface area contributed by atoms with Gasteiger partial charge in [-0.1, -0.05) is 17.7 Å². The molecule has 1 heterocycles. The summed E-state index contributed by atoms with van der Waals surface area (Å²) in [6.45, 7) is 5.76. The summed E-state index contributed by atoms with van der Waals surface area (Å²) in [4.78, 5) is 16.4. The highest BCUT2D eigenvalue weighted by Gasteiger charge is 2.29. The van der Waals surface area contributed by atoms with E-state index in [4.69, 9.17) is 11.6 Å². The van der Waals surface area contributed by atoms with Crippen molar-refractivity contribution < 1.29 is 4.79 Å². The summed E-state index contributed by atoms with van der Waals surface area (Å²) in [5.74, 6) is 0. The first kappa shape index (κ1) is 14.2. The SMILES string of the molecule is CC1CN(C(=O)Nc2cccc(Cl)c2)CC(C)N1C. The third-order valence-electron chi connectivity index (χ3n) is 3.72. The highest BCUT2D eigenvalue weighted by molar-refractivity contribution is 6.30. The zero-order valence-corrected chi connectivity index (χ0v) is 12.3. The summed E-state index contributed by atoms with van der Waals surface area (Å²) < 4.78 is 0. The van der Waals surface area contributed by atoms with E-state index in [1.807, 2.05) is 17.0 Å². The fourth-order valence-corrected chi connectivity index (χ4v) is 2.53. The van der Waals surface area contributed by atoms with E-state index in [2.05, 4.69) is 31.1 Å². The number of piperazine rings is 1. The van der Waals surface area contributed by atoms with Crippen LogP contribution in [0.15, 0.2) is 24.3 Å². The van der Waals surface area contributed by atoms with Crippen molar-refractivity contribution in [2.24, 2.45) is 0 Å². The summed E-state index contributed by atoms with van der Waals surface area (Å²) in [6, 6.07) is 7.89. The Hall–Kier alpha value is -1.26. The second-order valence-electron chi connectivity index (χ2n) is 5.21. The van der Waals surface area contributed by atoms with Crippen molar-refractivity contribution in [1.82, 2.24) is 9.80 Å². The number of halogens is 1. The van der Waals surface area contributed by atoms with Crippen molar-refractivity contribution in [3.05, 3.63) is 29.3 Å². The maximum absolute atomic E-state index is 12.2. The molecule has 0 aromatic heterocycles. The predicted octanol–water partition coefficient (Wildman–Crippen LogP) is 2.90. The molecule has 1 aliphatic rings. The third-order valence-corrected chi connectivity index (χ3v) is 3.96. The van der Waals surface area contributed by atoms with Crippen LogP contribution in [0.2, 0.25) is 5.02 Å². The van der Waals surface area contributed by atoms with E-state index in [1.54, 1.807) is 12.1 Å². The number of likely N-dealkylation sites (N-methyl/N-ethyl adjacent to an activating group) is 1. The number of nitrogens with zero attached hydrogens (tertiary/aromatic N) is 2. The van der Waals surface area contributed by atoms with E-state index < -0.39 is 0 Å². The van der Waals surface area contributed by atoms with Crippen molar-refractivity contribution in [2.75, 3.05) is 25.5 Å². The molecule has 104 valence electrons. The molecule has 0 bridgehead atoms. The molecule has 0 radical (unpaired) electrons. The number of hydrogen-bond acceptors (Lipinski definition) is 2. The fourth-order valence-electron chi connectivity index (χ4n) is 2.34. The number of amides is 2. The molecule has 1 aromatic carbocycles. The van der Waals surface area contributed by atoms with Crippen LogP contribution in [0, 0.1) is 0 Å². The van der Waals surface area contributed by atoms with Gasteiger partial charge in [0.05, 0.1) is 0 Å². The molecular weight excluding hydrogens is 262 g/mol. The topological polar surface area (TPSA) is 35.6 Å². The average Bonchev–Trinajstić information content (AvgIpc) is 2.35. The fraction of sp³-hybridized carbons (Fsp3) is 0.500. The van der Waals surface area contributed by atoms with Crippen LogP contribution < -0.4 is 5.32 Å². The van der Waals surface area contributed by atoms with Gasteiger partial charge >= 0.3 is 6.03 Å². The van der Waals surface area contributed by atoms with Crippen molar-refractivity contribution in [2.45, 2.75) is 25.9 Å². The predicted molar refractivity (Wildman–Crippen MR) is 78.7 cm³/mol. The standard InChI is InChI=1S/C14H20ClN3O/c1-10-8-18(9-11(2)17(10)3)14(19)16-13-6-4-5-12(15)7-13/h4-7,10-11H,8-9H2,1-3H3,(H,16,19). The van der Waals surface area contributed by atoms with Crippen LogP contribution in [-0.4, -0.2) is 48.1 Å². The van der Waals surface area contributed by atoms with Gasteiger partial charge in [-0.05, 0) is 39.1 Å². The van der Waals surface area contributed by atoms with Crippen LogP contribution in [-0.2, 0) is 0 Å². The minimum Gasteiger partial charge on any atom is -0.321 e. The molecule has 2 rings (SSSR count). The molecule has 0 saturated carbocycles. The first-order valence-corrected chi connectivity index (χ1v) is 6.88. The Morgan fingerprint density at radius 1 is 1.32 bits per heavy atom. The first-order chi connectivity index (χ1) is 8.97. The minimum atomic E-state index is -0.0610. The maximum atomic E-state index is 12.2. The number of anilines is 1. The molecule has 2 unspecified atom stereocenters. The second-order valence-corrected chi connectivity index (χ2v) is 5.65. The van der Waals surface area contributed by atoms with Gasteiger partial charge < -0.3 is 10.2 Å². The summed E-state index contributed by atoms with van der Waals surface area (Å²) in [7, 11) is 2.10. The smallest absolute Gasteiger partial charge is 0.321 e. The van der Waals surface area contributed by atoms with E-state index in [-0.39, 0.29) is 6.03 Å². The van der Waals surface area contributed by atoms with Gasteiger partial charge in [-0.2, -0.15) is 0 Å². The van der Waals surface area contributed by atoms with Gasteiger partial charge in [-0.25, -0.2) is 4.79 Å². The number of benzene rings is 1. The van der Waals surface area contributed by atoms with Crippen molar-refractivity contribution in [1.29, 1.82) is 0 Å². The van der Waals surface area contributed by atoms with Gasteiger partial charge in [0.25, 0.3) is 0 Å². The van der Waals surface area contributed by atoms with Crippen molar-refractivity contribution in [3.63, 3.8) is 0 Å². The minimum absolute atomic E-state index is 0.0610. The number of rotatable bonds is 1. The largest absolute Gasteiger partial charge is 0.321 e. The van der Waals surface area contributed by atoms with Gasteiger partial charge in [0.2, 0.25) is 0 Å². The Bertz CT molecular complexity index is 454. The summed E-state index contributed by atoms with van der Waals surface area (Å²) in [5, 5.41) is 3.52. The average molecular weight is 282 g/mol. The quantitative estimate of drug-likeness (QED) is 0.859. The van der Waals surface area contributed by atoms with Crippen LogP contribution >= 0.6 is 11.6 Å². The van der Waals surface area contributed by atoms with Gasteiger partial charge in [0.15, 0.2) is 0 Å². The molecule has 1 saturated heterocycles. The molecule has 19 heavy (non-hydrogen) atoms. The summed E-state index contributed by atoms with van der Waals surface area (Å²) in [5.41, 5.74) is 0.733. The van der Waals surface area contributed by atoms with Gasteiger partial charge in [-0.15, -0.1) is 0 Å². The van der Waals surface area contributed by atoms with Gasteiger partial charge in [-0.3, -0.25) is 4.90 Å². The van der Waals surface area contributed by atoms with E-state index >= 15 is 0 Å². The Morgan fingerprint density at radius 2 is 1.95 bits per heavy atom. The maximum Gasteiger partial charge on any atom is 0.321 e. The first-order valence-electron chi connectivity index (χ1n) is 6.51. The molecule has 4 nitrogen and oxygen atoms in total. The lowest BCUT2D eigenvalue weighted by atomic mass is 10.1. The van der Waals surface area contributed by atoms with Gasteiger partial charge in [0.1, 0.15) is 0 Å². The molecule has 1 aliphatic heterocycles. The monoisotopic (exact) mass is 281 g/mol. The van der Waals surface area contributed by atoms with Crippen LogP contribution in [0.5, 0.6) is 0 Å². The second kappa shape index (κ2) is 5.80. The van der Waals surface area contributed by atoms with Crippen LogP contribution in [0.25, 0.3) is 0 Å². The molecule has 1 fully saturated rings. The lowest BCUT2D eigenvalue weighted by Gasteiger charge is -2.42. The molecule has 2 atom stereocenters. The molecular formula is C14H20ClN3O. The van der Waals surface area contributed by atoms with Crippen LogP contribution in [0.1, 0.15) is 13.8 Å². The van der Waals surface area contributed by atoms with E-state index in [0.717, 1.165) is 18.8 Å².